The molecule has 0 saturated carbocycles. The SMILES string of the molecule is CCOC(C)c1nc2ccc(O)cc2c(=O)[nH]1. The lowest BCUT2D eigenvalue weighted by molar-refractivity contribution is 0.0701. The predicted octanol–water partition coefficient (Wildman–Crippen LogP) is 1.73. The van der Waals surface area contributed by atoms with Gasteiger partial charge in [0.25, 0.3) is 5.56 Å². The summed E-state index contributed by atoms with van der Waals surface area (Å²) in [5.74, 6) is 0.547. The normalized spacial score (nSPS) is 12.8. The Kier molecular flexibility index (Phi) is 3.10. The van der Waals surface area contributed by atoms with Gasteiger partial charge in [-0.15, -0.1) is 0 Å². The van der Waals surface area contributed by atoms with Crippen molar-refractivity contribution in [2.45, 2.75) is 20.0 Å². The molecule has 0 aliphatic carbocycles. The number of hydrogen-bond acceptors (Lipinski definition) is 4. The Bertz CT molecular complexity index is 592. The third-order valence-electron chi connectivity index (χ3n) is 2.51. The van der Waals surface area contributed by atoms with Crippen LogP contribution in [-0.2, 0) is 4.74 Å². The zero-order valence-corrected chi connectivity index (χ0v) is 9.73. The standard InChI is InChI=1S/C12H14N2O3/c1-3-17-7(2)11-13-10-5-4-8(15)6-9(10)12(16)14-11/h4-7,15H,3H2,1-2H3,(H,13,14,16). The molecule has 0 radical (unpaired) electrons. The number of fused-ring (bicyclic) bond motifs is 1. The van der Waals surface area contributed by atoms with Crippen LogP contribution in [0.4, 0.5) is 0 Å². The summed E-state index contributed by atoms with van der Waals surface area (Å²) in [5, 5.41) is 9.68. The summed E-state index contributed by atoms with van der Waals surface area (Å²) in [4.78, 5) is 18.8. The maximum atomic E-state index is 11.8. The molecule has 0 aliphatic heterocycles. The maximum absolute atomic E-state index is 11.8. The van der Waals surface area contributed by atoms with Gasteiger partial charge in [0, 0.05) is 6.61 Å². The molecule has 1 aromatic carbocycles. The van der Waals surface area contributed by atoms with Gasteiger partial charge in [0.15, 0.2) is 0 Å². The van der Waals surface area contributed by atoms with Gasteiger partial charge < -0.3 is 14.8 Å². The second kappa shape index (κ2) is 4.55. The number of nitrogens with zero attached hydrogens (tertiary/aromatic N) is 1. The topological polar surface area (TPSA) is 75.2 Å². The van der Waals surface area contributed by atoms with Gasteiger partial charge in [-0.05, 0) is 32.0 Å². The minimum Gasteiger partial charge on any atom is -0.508 e. The zero-order chi connectivity index (χ0) is 12.4. The van der Waals surface area contributed by atoms with Crippen LogP contribution in [0, 0.1) is 0 Å². The molecule has 5 heteroatoms. The number of aromatic hydroxyl groups is 1. The molecule has 0 bridgehead atoms. The predicted molar refractivity (Wildman–Crippen MR) is 64.1 cm³/mol. The van der Waals surface area contributed by atoms with Crippen LogP contribution in [-0.4, -0.2) is 21.7 Å². The maximum Gasteiger partial charge on any atom is 0.258 e. The highest BCUT2D eigenvalue weighted by Crippen LogP contribution is 2.17. The van der Waals surface area contributed by atoms with E-state index in [0.29, 0.717) is 23.3 Å². The van der Waals surface area contributed by atoms with Gasteiger partial charge in [-0.1, -0.05) is 0 Å². The number of phenolic OH excluding ortho intramolecular Hbond substituents is 1. The first-order chi connectivity index (χ1) is 8.11. The third kappa shape index (κ3) is 2.29. The fourth-order valence-corrected chi connectivity index (χ4v) is 1.67. The molecule has 1 unspecified atom stereocenters. The number of aromatic nitrogens is 2. The van der Waals surface area contributed by atoms with Crippen molar-refractivity contribution in [2.75, 3.05) is 6.61 Å². The van der Waals surface area contributed by atoms with Crippen LogP contribution in [0.3, 0.4) is 0 Å². The van der Waals surface area contributed by atoms with E-state index in [-0.39, 0.29) is 17.4 Å². The van der Waals surface area contributed by atoms with E-state index in [2.05, 4.69) is 9.97 Å². The number of H-pyrrole nitrogens is 1. The van der Waals surface area contributed by atoms with Crippen LogP contribution in [0.15, 0.2) is 23.0 Å². The minimum absolute atomic E-state index is 0.0513. The first-order valence-corrected chi connectivity index (χ1v) is 5.46. The number of aromatic amines is 1. The van der Waals surface area contributed by atoms with E-state index in [1.807, 2.05) is 13.8 Å². The van der Waals surface area contributed by atoms with Crippen LogP contribution in [0.1, 0.15) is 25.8 Å². The molecule has 1 aromatic heterocycles. The van der Waals surface area contributed by atoms with Gasteiger partial charge in [-0.2, -0.15) is 0 Å². The van der Waals surface area contributed by atoms with Crippen LogP contribution < -0.4 is 5.56 Å². The Morgan fingerprint density at radius 2 is 2.29 bits per heavy atom. The Morgan fingerprint density at radius 3 is 3.00 bits per heavy atom. The van der Waals surface area contributed by atoms with Crippen LogP contribution in [0.2, 0.25) is 0 Å². The van der Waals surface area contributed by atoms with Gasteiger partial charge in [-0.25, -0.2) is 4.98 Å². The quantitative estimate of drug-likeness (QED) is 0.848. The Balaban J connectivity index is 2.56. The molecule has 2 N–H and O–H groups in total. The van der Waals surface area contributed by atoms with Crippen molar-refractivity contribution in [3.63, 3.8) is 0 Å². The van der Waals surface area contributed by atoms with Crippen LogP contribution in [0.25, 0.3) is 10.9 Å². The van der Waals surface area contributed by atoms with Gasteiger partial charge >= 0.3 is 0 Å². The van der Waals surface area contributed by atoms with E-state index in [9.17, 15) is 9.90 Å². The summed E-state index contributed by atoms with van der Waals surface area (Å²) in [6.45, 7) is 4.26. The molecule has 0 fully saturated rings. The summed E-state index contributed by atoms with van der Waals surface area (Å²) < 4.78 is 5.37. The van der Waals surface area contributed by atoms with Crippen molar-refractivity contribution < 1.29 is 9.84 Å². The van der Waals surface area contributed by atoms with Crippen LogP contribution in [0.5, 0.6) is 5.75 Å². The second-order valence-corrected chi connectivity index (χ2v) is 3.75. The Morgan fingerprint density at radius 1 is 1.53 bits per heavy atom. The van der Waals surface area contributed by atoms with Crippen molar-refractivity contribution in [1.29, 1.82) is 0 Å². The number of hydrogen-bond donors (Lipinski definition) is 2. The lowest BCUT2D eigenvalue weighted by Gasteiger charge is -2.11. The summed E-state index contributed by atoms with van der Waals surface area (Å²) in [5.41, 5.74) is 0.278. The largest absolute Gasteiger partial charge is 0.508 e. The van der Waals surface area contributed by atoms with Crippen molar-refractivity contribution in [3.8, 4) is 5.75 Å². The van der Waals surface area contributed by atoms with E-state index in [1.165, 1.54) is 12.1 Å². The Labute approximate surface area is 98.1 Å². The second-order valence-electron chi connectivity index (χ2n) is 3.75. The molecule has 0 spiro atoms. The van der Waals surface area contributed by atoms with Crippen molar-refractivity contribution in [1.82, 2.24) is 9.97 Å². The number of rotatable bonds is 3. The van der Waals surface area contributed by atoms with E-state index < -0.39 is 0 Å². The highest BCUT2D eigenvalue weighted by atomic mass is 16.5. The number of ether oxygens (including phenoxy) is 1. The summed E-state index contributed by atoms with van der Waals surface area (Å²) >= 11 is 0. The fourth-order valence-electron chi connectivity index (χ4n) is 1.67. The average molecular weight is 234 g/mol. The molecule has 0 saturated heterocycles. The summed E-state index contributed by atoms with van der Waals surface area (Å²) in [6, 6.07) is 4.52. The van der Waals surface area contributed by atoms with E-state index >= 15 is 0 Å². The fraction of sp³-hybridized carbons (Fsp3) is 0.333. The van der Waals surface area contributed by atoms with Crippen molar-refractivity contribution >= 4 is 10.9 Å². The van der Waals surface area contributed by atoms with Gasteiger partial charge in [-0.3, -0.25) is 4.79 Å². The molecule has 5 nitrogen and oxygen atoms in total. The monoisotopic (exact) mass is 234 g/mol. The van der Waals surface area contributed by atoms with E-state index in [0.717, 1.165) is 0 Å². The van der Waals surface area contributed by atoms with E-state index in [4.69, 9.17) is 4.74 Å². The molecular weight excluding hydrogens is 220 g/mol. The zero-order valence-electron chi connectivity index (χ0n) is 9.73. The highest BCUT2D eigenvalue weighted by molar-refractivity contribution is 5.78. The van der Waals surface area contributed by atoms with Crippen molar-refractivity contribution in [3.05, 3.63) is 34.4 Å². The minimum atomic E-state index is -0.271. The highest BCUT2D eigenvalue weighted by Gasteiger charge is 2.10. The molecule has 1 atom stereocenters. The lowest BCUT2D eigenvalue weighted by Crippen LogP contribution is -2.15. The summed E-state index contributed by atoms with van der Waals surface area (Å²) in [7, 11) is 0. The Hall–Kier alpha value is -1.88. The molecule has 1 heterocycles. The third-order valence-corrected chi connectivity index (χ3v) is 2.51. The van der Waals surface area contributed by atoms with Gasteiger partial charge in [0.1, 0.15) is 17.7 Å². The molecule has 2 rings (SSSR count). The smallest absolute Gasteiger partial charge is 0.258 e. The number of nitrogens with one attached hydrogen (secondary N) is 1. The van der Waals surface area contributed by atoms with E-state index in [1.54, 1.807) is 6.07 Å². The van der Waals surface area contributed by atoms with Crippen molar-refractivity contribution in [2.24, 2.45) is 0 Å². The molecule has 2 aromatic rings. The average Bonchev–Trinajstić information content (AvgIpc) is 2.30. The molecule has 0 amide bonds. The number of benzene rings is 1. The molecule has 90 valence electrons. The first kappa shape index (κ1) is 11.6. The van der Waals surface area contributed by atoms with Gasteiger partial charge in [0.05, 0.1) is 10.9 Å². The number of phenols is 1. The van der Waals surface area contributed by atoms with Gasteiger partial charge in [0.2, 0.25) is 0 Å². The lowest BCUT2D eigenvalue weighted by atomic mass is 10.2. The molecule has 17 heavy (non-hydrogen) atoms. The van der Waals surface area contributed by atoms with Crippen LogP contribution >= 0.6 is 0 Å². The summed E-state index contributed by atoms with van der Waals surface area (Å²) in [6.07, 6.45) is -0.258. The first-order valence-electron chi connectivity index (χ1n) is 5.46. The molecular formula is C12H14N2O3. The molecule has 0 aliphatic rings.